The fraction of sp³-hybridized carbons (Fsp3) is 0.500. The fourth-order valence-corrected chi connectivity index (χ4v) is 3.20. The van der Waals surface area contributed by atoms with Gasteiger partial charge >= 0.3 is 0 Å². The Morgan fingerprint density at radius 3 is 2.88 bits per heavy atom. The van der Waals surface area contributed by atoms with E-state index in [1.807, 2.05) is 6.92 Å². The van der Waals surface area contributed by atoms with Crippen LogP contribution < -0.4 is 4.72 Å². The average molecular weight is 276 g/mol. The molecule has 1 aromatic heterocycles. The second kappa shape index (κ2) is 6.25. The maximum absolute atomic E-state index is 11.7. The predicted molar refractivity (Wildman–Crippen MR) is 67.7 cm³/mol. The van der Waals surface area contributed by atoms with Gasteiger partial charge in [0, 0.05) is 6.54 Å². The van der Waals surface area contributed by atoms with Gasteiger partial charge in [0.2, 0.25) is 0 Å². The molecule has 1 rings (SSSR count). The van der Waals surface area contributed by atoms with Crippen molar-refractivity contribution in [2.75, 3.05) is 19.8 Å². The van der Waals surface area contributed by atoms with Crippen LogP contribution in [0.3, 0.4) is 0 Å². The molecule has 1 heterocycles. The number of ether oxygens (including phenoxy) is 1. The number of sulfonamides is 1. The highest BCUT2D eigenvalue weighted by Crippen LogP contribution is 2.16. The molecule has 5 nitrogen and oxygen atoms in total. The van der Waals surface area contributed by atoms with E-state index >= 15 is 0 Å². The van der Waals surface area contributed by atoms with E-state index in [9.17, 15) is 8.42 Å². The molecule has 17 heavy (non-hydrogen) atoms. The Balaban J connectivity index is 2.38. The first-order valence-corrected chi connectivity index (χ1v) is 7.36. The largest absolute Gasteiger partial charge is 0.376 e. The monoisotopic (exact) mass is 276 g/mol. The maximum Gasteiger partial charge on any atom is 0.251 e. The summed E-state index contributed by atoms with van der Waals surface area (Å²) in [5.74, 6) is 0. The zero-order valence-electron chi connectivity index (χ0n) is 9.89. The van der Waals surface area contributed by atoms with E-state index < -0.39 is 10.0 Å². The molecular formula is C10H16N2O3S2. The molecule has 0 fully saturated rings. The number of aromatic nitrogens is 1. The summed E-state index contributed by atoms with van der Waals surface area (Å²) in [6, 6.07) is 0. The smallest absolute Gasteiger partial charge is 0.251 e. The van der Waals surface area contributed by atoms with Crippen LogP contribution in [0.5, 0.6) is 0 Å². The van der Waals surface area contributed by atoms with Gasteiger partial charge in [-0.05, 0) is 13.8 Å². The van der Waals surface area contributed by atoms with Crippen LogP contribution in [0.4, 0.5) is 0 Å². The van der Waals surface area contributed by atoms with Gasteiger partial charge in [0.25, 0.3) is 10.0 Å². The van der Waals surface area contributed by atoms with Gasteiger partial charge in [0.05, 0.1) is 24.4 Å². The van der Waals surface area contributed by atoms with Gasteiger partial charge in [-0.15, -0.1) is 11.3 Å². The Morgan fingerprint density at radius 2 is 2.35 bits per heavy atom. The molecule has 0 radical (unpaired) electrons. The van der Waals surface area contributed by atoms with Crippen molar-refractivity contribution in [3.8, 4) is 0 Å². The van der Waals surface area contributed by atoms with Crippen molar-refractivity contribution < 1.29 is 13.2 Å². The first-order valence-electron chi connectivity index (χ1n) is 5.06. The summed E-state index contributed by atoms with van der Waals surface area (Å²) < 4.78 is 31.3. The number of rotatable bonds is 7. The maximum atomic E-state index is 11.7. The van der Waals surface area contributed by atoms with E-state index in [0.717, 1.165) is 21.9 Å². The minimum Gasteiger partial charge on any atom is -0.376 e. The Labute approximate surface area is 106 Å². The van der Waals surface area contributed by atoms with Crippen molar-refractivity contribution >= 4 is 21.4 Å². The first kappa shape index (κ1) is 14.3. The van der Waals surface area contributed by atoms with E-state index in [4.69, 9.17) is 4.74 Å². The number of aryl methyl sites for hydroxylation is 1. The molecule has 0 unspecified atom stereocenters. The van der Waals surface area contributed by atoms with Crippen molar-refractivity contribution in [2.45, 2.75) is 18.1 Å². The molecule has 1 aromatic rings. The van der Waals surface area contributed by atoms with Crippen LogP contribution in [0.1, 0.15) is 11.9 Å². The zero-order chi connectivity index (χ0) is 12.9. The van der Waals surface area contributed by atoms with Crippen LogP contribution in [-0.2, 0) is 14.8 Å². The molecule has 0 amide bonds. The van der Waals surface area contributed by atoms with Gasteiger partial charge in [0.15, 0.2) is 4.21 Å². The van der Waals surface area contributed by atoms with Gasteiger partial charge in [-0.1, -0.05) is 12.2 Å². The third kappa shape index (κ3) is 4.95. The SMILES string of the molecule is C=C(C)COCCNS(=O)(=O)c1cnc(C)s1. The van der Waals surface area contributed by atoms with Crippen molar-refractivity contribution in [1.29, 1.82) is 0 Å². The summed E-state index contributed by atoms with van der Waals surface area (Å²) in [5, 5.41) is 0.726. The van der Waals surface area contributed by atoms with Crippen molar-refractivity contribution in [2.24, 2.45) is 0 Å². The molecule has 0 saturated heterocycles. The fourth-order valence-electron chi connectivity index (χ4n) is 1.03. The number of hydrogen-bond acceptors (Lipinski definition) is 5. The number of thiazole rings is 1. The minimum absolute atomic E-state index is 0.231. The molecule has 0 atom stereocenters. The molecule has 0 bridgehead atoms. The second-order valence-electron chi connectivity index (χ2n) is 3.61. The first-order chi connectivity index (χ1) is 7.92. The third-order valence-electron chi connectivity index (χ3n) is 1.75. The van der Waals surface area contributed by atoms with Gasteiger partial charge in [0.1, 0.15) is 0 Å². The number of nitrogens with one attached hydrogen (secondary N) is 1. The highest BCUT2D eigenvalue weighted by atomic mass is 32.2. The van der Waals surface area contributed by atoms with Crippen LogP contribution in [0.15, 0.2) is 22.6 Å². The second-order valence-corrected chi connectivity index (χ2v) is 6.83. The van der Waals surface area contributed by atoms with Crippen LogP contribution in [0.25, 0.3) is 0 Å². The van der Waals surface area contributed by atoms with E-state index in [1.54, 1.807) is 6.92 Å². The Morgan fingerprint density at radius 1 is 1.65 bits per heavy atom. The van der Waals surface area contributed by atoms with Gasteiger partial charge in [-0.2, -0.15) is 0 Å². The molecule has 7 heteroatoms. The van der Waals surface area contributed by atoms with E-state index in [2.05, 4.69) is 16.3 Å². The van der Waals surface area contributed by atoms with Crippen LogP contribution >= 0.6 is 11.3 Å². The summed E-state index contributed by atoms with van der Waals surface area (Å²) in [6.45, 7) is 8.31. The van der Waals surface area contributed by atoms with Gasteiger partial charge in [-0.25, -0.2) is 18.1 Å². The molecule has 0 aromatic carbocycles. The number of hydrogen-bond donors (Lipinski definition) is 1. The van der Waals surface area contributed by atoms with Crippen molar-refractivity contribution in [3.05, 3.63) is 23.4 Å². The standard InChI is InChI=1S/C10H16N2O3S2/c1-8(2)7-15-5-4-12-17(13,14)10-6-11-9(3)16-10/h6,12H,1,4-5,7H2,2-3H3. The van der Waals surface area contributed by atoms with Gasteiger partial charge < -0.3 is 4.74 Å². The topological polar surface area (TPSA) is 68.3 Å². The molecule has 0 saturated carbocycles. The van der Waals surface area contributed by atoms with Crippen LogP contribution in [0.2, 0.25) is 0 Å². The van der Waals surface area contributed by atoms with E-state index in [1.165, 1.54) is 6.20 Å². The molecule has 96 valence electrons. The zero-order valence-corrected chi connectivity index (χ0v) is 11.5. The average Bonchev–Trinajstić information content (AvgIpc) is 2.64. The quantitative estimate of drug-likeness (QED) is 0.602. The third-order valence-corrected chi connectivity index (χ3v) is 4.59. The molecule has 0 aliphatic carbocycles. The summed E-state index contributed by atoms with van der Waals surface area (Å²) in [7, 11) is -3.44. The normalized spacial score (nSPS) is 11.6. The van der Waals surface area contributed by atoms with Crippen molar-refractivity contribution in [1.82, 2.24) is 9.71 Å². The van der Waals surface area contributed by atoms with Crippen LogP contribution in [0, 0.1) is 6.92 Å². The lowest BCUT2D eigenvalue weighted by Gasteiger charge is -2.05. The summed E-state index contributed by atoms with van der Waals surface area (Å²) in [6.07, 6.45) is 1.36. The molecule has 0 aliphatic rings. The van der Waals surface area contributed by atoms with E-state index in [0.29, 0.717) is 13.2 Å². The summed E-state index contributed by atoms with van der Waals surface area (Å²) in [4.78, 5) is 3.91. The molecule has 0 spiro atoms. The molecular weight excluding hydrogens is 260 g/mol. The number of nitrogens with zero attached hydrogens (tertiary/aromatic N) is 1. The van der Waals surface area contributed by atoms with E-state index in [-0.39, 0.29) is 10.8 Å². The molecule has 1 N–H and O–H groups in total. The Kier molecular flexibility index (Phi) is 5.26. The molecule has 0 aliphatic heterocycles. The predicted octanol–water partition coefficient (Wildman–Crippen LogP) is 1.32. The Bertz CT molecular complexity index is 479. The lowest BCUT2D eigenvalue weighted by atomic mass is 10.4. The van der Waals surface area contributed by atoms with Crippen LogP contribution in [-0.4, -0.2) is 33.2 Å². The van der Waals surface area contributed by atoms with Gasteiger partial charge in [-0.3, -0.25) is 0 Å². The lowest BCUT2D eigenvalue weighted by molar-refractivity contribution is 0.162. The highest BCUT2D eigenvalue weighted by molar-refractivity contribution is 7.91. The highest BCUT2D eigenvalue weighted by Gasteiger charge is 2.15. The summed E-state index contributed by atoms with van der Waals surface area (Å²) in [5.41, 5.74) is 0.908. The summed E-state index contributed by atoms with van der Waals surface area (Å²) >= 11 is 1.15. The minimum atomic E-state index is -3.44. The lowest BCUT2D eigenvalue weighted by Crippen LogP contribution is -2.27. The Hall–Kier alpha value is -0.760. The van der Waals surface area contributed by atoms with Crippen molar-refractivity contribution in [3.63, 3.8) is 0 Å².